The summed E-state index contributed by atoms with van der Waals surface area (Å²) >= 11 is 0. The van der Waals surface area contributed by atoms with E-state index in [4.69, 9.17) is 0 Å². The van der Waals surface area contributed by atoms with Gasteiger partial charge >= 0.3 is 0 Å². The predicted molar refractivity (Wildman–Crippen MR) is 123 cm³/mol. The molecule has 0 heterocycles. The zero-order valence-electron chi connectivity index (χ0n) is 18.7. The fourth-order valence-corrected chi connectivity index (χ4v) is 3.65. The Balaban J connectivity index is 2.03. The van der Waals surface area contributed by atoms with Crippen molar-refractivity contribution in [2.24, 2.45) is 11.8 Å². The molecule has 2 rings (SSSR count). The average Bonchev–Trinajstić information content (AvgIpc) is 2.75. The summed E-state index contributed by atoms with van der Waals surface area (Å²) in [5.74, 6) is 0.409. The SMILES string of the molecule is CCC(C)C(NC(=O)CC(C)C)C(=O)NCCC(c1ccccc1)c1ccccc1. The first-order chi connectivity index (χ1) is 14.4. The molecule has 0 spiro atoms. The molecular formula is C26H36N2O2. The van der Waals surface area contributed by atoms with Crippen molar-refractivity contribution >= 4 is 11.8 Å². The fourth-order valence-electron chi connectivity index (χ4n) is 3.65. The molecule has 0 saturated heterocycles. The lowest BCUT2D eigenvalue weighted by Gasteiger charge is -2.25. The molecule has 0 saturated carbocycles. The first-order valence-corrected chi connectivity index (χ1v) is 11.1. The maximum atomic E-state index is 12.9. The van der Waals surface area contributed by atoms with Gasteiger partial charge in [0, 0.05) is 18.9 Å². The number of hydrogen-bond donors (Lipinski definition) is 2. The fraction of sp³-hybridized carbons (Fsp3) is 0.462. The van der Waals surface area contributed by atoms with Gasteiger partial charge in [0.15, 0.2) is 0 Å². The van der Waals surface area contributed by atoms with Crippen molar-refractivity contribution in [2.45, 2.75) is 58.9 Å². The molecule has 4 nitrogen and oxygen atoms in total. The third-order valence-electron chi connectivity index (χ3n) is 5.54. The van der Waals surface area contributed by atoms with Crippen molar-refractivity contribution < 1.29 is 9.59 Å². The van der Waals surface area contributed by atoms with E-state index in [1.807, 2.05) is 64.1 Å². The molecule has 0 aromatic heterocycles. The second-order valence-corrected chi connectivity index (χ2v) is 8.48. The molecule has 30 heavy (non-hydrogen) atoms. The van der Waals surface area contributed by atoms with Crippen LogP contribution in [0.4, 0.5) is 0 Å². The highest BCUT2D eigenvalue weighted by atomic mass is 16.2. The van der Waals surface area contributed by atoms with Gasteiger partial charge in [-0.2, -0.15) is 0 Å². The van der Waals surface area contributed by atoms with Gasteiger partial charge in [-0.25, -0.2) is 0 Å². The van der Waals surface area contributed by atoms with Gasteiger partial charge in [-0.1, -0.05) is 94.8 Å². The van der Waals surface area contributed by atoms with E-state index >= 15 is 0 Å². The van der Waals surface area contributed by atoms with E-state index < -0.39 is 6.04 Å². The molecule has 162 valence electrons. The summed E-state index contributed by atoms with van der Waals surface area (Å²) in [5.41, 5.74) is 2.48. The van der Waals surface area contributed by atoms with Gasteiger partial charge in [0.2, 0.25) is 11.8 Å². The number of carbonyl (C=O) groups is 2. The van der Waals surface area contributed by atoms with E-state index in [0.29, 0.717) is 13.0 Å². The Morgan fingerprint density at radius 3 is 1.87 bits per heavy atom. The summed E-state index contributed by atoms with van der Waals surface area (Å²) in [6, 6.07) is 20.3. The van der Waals surface area contributed by atoms with Gasteiger partial charge in [-0.05, 0) is 29.4 Å². The molecule has 0 aliphatic carbocycles. The van der Waals surface area contributed by atoms with Crippen LogP contribution in [0.2, 0.25) is 0 Å². The van der Waals surface area contributed by atoms with Crippen LogP contribution in [0.25, 0.3) is 0 Å². The molecule has 2 N–H and O–H groups in total. The molecule has 2 unspecified atom stereocenters. The molecule has 2 atom stereocenters. The van der Waals surface area contributed by atoms with Crippen LogP contribution in [-0.4, -0.2) is 24.4 Å². The minimum atomic E-state index is -0.492. The van der Waals surface area contributed by atoms with Crippen molar-refractivity contribution in [3.8, 4) is 0 Å². The van der Waals surface area contributed by atoms with Crippen LogP contribution in [0.15, 0.2) is 60.7 Å². The molecule has 0 aliphatic rings. The van der Waals surface area contributed by atoms with Crippen LogP contribution >= 0.6 is 0 Å². The Morgan fingerprint density at radius 1 is 0.867 bits per heavy atom. The maximum Gasteiger partial charge on any atom is 0.242 e. The monoisotopic (exact) mass is 408 g/mol. The molecule has 2 aromatic carbocycles. The molecular weight excluding hydrogens is 372 g/mol. The number of benzene rings is 2. The van der Waals surface area contributed by atoms with E-state index in [9.17, 15) is 9.59 Å². The highest BCUT2D eigenvalue weighted by Gasteiger charge is 2.26. The van der Waals surface area contributed by atoms with Crippen LogP contribution in [0.1, 0.15) is 64.0 Å². The third-order valence-corrected chi connectivity index (χ3v) is 5.54. The van der Waals surface area contributed by atoms with Gasteiger partial charge in [-0.3, -0.25) is 9.59 Å². The van der Waals surface area contributed by atoms with Crippen LogP contribution < -0.4 is 10.6 Å². The quantitative estimate of drug-likeness (QED) is 0.555. The Bertz CT molecular complexity index is 735. The van der Waals surface area contributed by atoms with E-state index in [-0.39, 0.29) is 29.6 Å². The number of carbonyl (C=O) groups excluding carboxylic acids is 2. The summed E-state index contributed by atoms with van der Waals surface area (Å²) in [6.07, 6.45) is 2.06. The summed E-state index contributed by atoms with van der Waals surface area (Å²) in [4.78, 5) is 25.1. The molecule has 0 bridgehead atoms. The normalized spacial score (nSPS) is 13.1. The molecule has 2 aromatic rings. The highest BCUT2D eigenvalue weighted by molar-refractivity contribution is 5.87. The van der Waals surface area contributed by atoms with E-state index in [1.54, 1.807) is 0 Å². The third kappa shape index (κ3) is 7.33. The first kappa shape index (κ1) is 23.7. The van der Waals surface area contributed by atoms with Crippen molar-refractivity contribution in [1.82, 2.24) is 10.6 Å². The van der Waals surface area contributed by atoms with Crippen LogP contribution in [0.5, 0.6) is 0 Å². The lowest BCUT2D eigenvalue weighted by atomic mass is 9.88. The Labute approximate surface area is 181 Å². The largest absolute Gasteiger partial charge is 0.354 e. The summed E-state index contributed by atoms with van der Waals surface area (Å²) in [6.45, 7) is 8.62. The lowest BCUT2D eigenvalue weighted by Crippen LogP contribution is -2.50. The van der Waals surface area contributed by atoms with Crippen LogP contribution in [-0.2, 0) is 9.59 Å². The second kappa shape index (κ2) is 12.2. The lowest BCUT2D eigenvalue weighted by molar-refractivity contribution is -0.130. The maximum absolute atomic E-state index is 12.9. The topological polar surface area (TPSA) is 58.2 Å². The van der Waals surface area contributed by atoms with Crippen LogP contribution in [0.3, 0.4) is 0 Å². The highest BCUT2D eigenvalue weighted by Crippen LogP contribution is 2.27. The van der Waals surface area contributed by atoms with Gasteiger partial charge in [-0.15, -0.1) is 0 Å². The van der Waals surface area contributed by atoms with Gasteiger partial charge in [0.25, 0.3) is 0 Å². The van der Waals surface area contributed by atoms with E-state index in [0.717, 1.165) is 12.8 Å². The van der Waals surface area contributed by atoms with Gasteiger partial charge in [0.05, 0.1) is 0 Å². The summed E-state index contributed by atoms with van der Waals surface area (Å²) < 4.78 is 0. The number of rotatable bonds is 11. The average molecular weight is 409 g/mol. The first-order valence-electron chi connectivity index (χ1n) is 11.1. The van der Waals surface area contributed by atoms with Crippen LogP contribution in [0, 0.1) is 11.8 Å². The zero-order valence-corrected chi connectivity index (χ0v) is 18.7. The van der Waals surface area contributed by atoms with E-state index in [1.165, 1.54) is 11.1 Å². The number of nitrogens with one attached hydrogen (secondary N) is 2. The van der Waals surface area contributed by atoms with Gasteiger partial charge < -0.3 is 10.6 Å². The Morgan fingerprint density at radius 2 is 1.40 bits per heavy atom. The van der Waals surface area contributed by atoms with E-state index in [2.05, 4.69) is 34.9 Å². The van der Waals surface area contributed by atoms with Crippen molar-refractivity contribution in [2.75, 3.05) is 6.54 Å². The number of hydrogen-bond acceptors (Lipinski definition) is 2. The zero-order chi connectivity index (χ0) is 21.9. The van der Waals surface area contributed by atoms with Gasteiger partial charge in [0.1, 0.15) is 6.04 Å². The minimum absolute atomic E-state index is 0.0584. The second-order valence-electron chi connectivity index (χ2n) is 8.48. The Kier molecular flexibility index (Phi) is 9.59. The summed E-state index contributed by atoms with van der Waals surface area (Å²) in [5, 5.41) is 6.02. The molecule has 0 aliphatic heterocycles. The van der Waals surface area contributed by atoms with Crippen molar-refractivity contribution in [1.29, 1.82) is 0 Å². The summed E-state index contributed by atoms with van der Waals surface area (Å²) in [7, 11) is 0. The predicted octanol–water partition coefficient (Wildman–Crippen LogP) is 4.90. The molecule has 4 heteroatoms. The standard InChI is InChI=1S/C26H36N2O2/c1-5-20(4)25(28-24(29)18-19(2)3)26(30)27-17-16-23(21-12-8-6-9-13-21)22-14-10-7-11-15-22/h6-15,19-20,23,25H,5,16-18H2,1-4H3,(H,27,30)(H,28,29). The van der Waals surface area contributed by atoms with Crippen molar-refractivity contribution in [3.05, 3.63) is 71.8 Å². The molecule has 2 amide bonds. The Hall–Kier alpha value is -2.62. The molecule has 0 radical (unpaired) electrons. The molecule has 0 fully saturated rings. The van der Waals surface area contributed by atoms with Crippen molar-refractivity contribution in [3.63, 3.8) is 0 Å². The number of amides is 2. The smallest absolute Gasteiger partial charge is 0.242 e. The minimum Gasteiger partial charge on any atom is -0.354 e.